The van der Waals surface area contributed by atoms with Gasteiger partial charge in [-0.05, 0) is 18.9 Å². The Labute approximate surface area is 88.3 Å². The van der Waals surface area contributed by atoms with E-state index in [4.69, 9.17) is 5.73 Å². The molecule has 1 saturated carbocycles. The second-order valence-corrected chi connectivity index (χ2v) is 4.32. The highest BCUT2D eigenvalue weighted by molar-refractivity contribution is 5.27. The van der Waals surface area contributed by atoms with E-state index in [2.05, 4.69) is 0 Å². The Morgan fingerprint density at radius 3 is 2.40 bits per heavy atom. The van der Waals surface area contributed by atoms with E-state index < -0.39 is 17.2 Å². The fourth-order valence-electron chi connectivity index (χ4n) is 2.34. The van der Waals surface area contributed by atoms with Crippen LogP contribution in [0.3, 0.4) is 0 Å². The summed E-state index contributed by atoms with van der Waals surface area (Å²) in [4.78, 5) is 0. The highest BCUT2D eigenvalue weighted by Gasteiger charge is 2.32. The molecule has 3 heteroatoms. The quantitative estimate of drug-likeness (QED) is 0.759. The Kier molecular flexibility index (Phi) is 2.74. The molecule has 1 fully saturated rings. The third-order valence-corrected chi connectivity index (χ3v) is 3.23. The number of halogens is 2. The van der Waals surface area contributed by atoms with Crippen molar-refractivity contribution in [2.45, 2.75) is 37.6 Å². The van der Waals surface area contributed by atoms with Crippen LogP contribution < -0.4 is 5.73 Å². The van der Waals surface area contributed by atoms with Gasteiger partial charge in [-0.1, -0.05) is 31.4 Å². The average molecular weight is 211 g/mol. The highest BCUT2D eigenvalue weighted by atomic mass is 19.2. The maximum absolute atomic E-state index is 13.6. The van der Waals surface area contributed by atoms with E-state index in [1.54, 1.807) is 6.07 Å². The molecule has 1 aliphatic carbocycles. The van der Waals surface area contributed by atoms with E-state index in [0.29, 0.717) is 5.56 Å². The maximum atomic E-state index is 13.6. The highest BCUT2D eigenvalue weighted by Crippen LogP contribution is 2.36. The number of hydrogen-bond acceptors (Lipinski definition) is 1. The average Bonchev–Trinajstić information content (AvgIpc) is 2.23. The lowest BCUT2D eigenvalue weighted by Crippen LogP contribution is -2.39. The Hall–Kier alpha value is -0.960. The largest absolute Gasteiger partial charge is 0.321 e. The summed E-state index contributed by atoms with van der Waals surface area (Å²) >= 11 is 0. The zero-order valence-electron chi connectivity index (χ0n) is 8.60. The molecular formula is C12H15F2N. The predicted octanol–water partition coefficient (Wildman–Crippen LogP) is 3.08. The summed E-state index contributed by atoms with van der Waals surface area (Å²) in [6, 6.07) is 4.26. The molecule has 2 N–H and O–H groups in total. The van der Waals surface area contributed by atoms with Crippen LogP contribution in [0.1, 0.15) is 37.7 Å². The second kappa shape index (κ2) is 3.89. The van der Waals surface area contributed by atoms with Gasteiger partial charge in [-0.2, -0.15) is 0 Å². The molecule has 0 heterocycles. The Morgan fingerprint density at radius 2 is 1.73 bits per heavy atom. The minimum Gasteiger partial charge on any atom is -0.321 e. The van der Waals surface area contributed by atoms with Gasteiger partial charge < -0.3 is 5.73 Å². The van der Waals surface area contributed by atoms with Gasteiger partial charge in [0, 0.05) is 11.1 Å². The van der Waals surface area contributed by atoms with Gasteiger partial charge in [0.15, 0.2) is 11.6 Å². The monoisotopic (exact) mass is 211 g/mol. The summed E-state index contributed by atoms with van der Waals surface area (Å²) in [6.45, 7) is 0. The minimum absolute atomic E-state index is 0.335. The standard InChI is InChI=1S/C12H15F2N/c13-10-6-4-5-9(11(10)14)12(15)7-2-1-3-8-12/h4-6H,1-3,7-8,15H2. The smallest absolute Gasteiger partial charge is 0.163 e. The maximum Gasteiger partial charge on any atom is 0.163 e. The van der Waals surface area contributed by atoms with E-state index in [0.717, 1.165) is 38.2 Å². The first kappa shape index (κ1) is 10.6. The molecule has 0 aromatic heterocycles. The molecule has 0 saturated heterocycles. The van der Waals surface area contributed by atoms with Crippen LogP contribution in [0.4, 0.5) is 8.78 Å². The lowest BCUT2D eigenvalue weighted by molar-refractivity contribution is 0.289. The molecule has 15 heavy (non-hydrogen) atoms. The molecule has 0 radical (unpaired) electrons. The summed E-state index contributed by atoms with van der Waals surface area (Å²) in [7, 11) is 0. The van der Waals surface area contributed by atoms with Gasteiger partial charge in [0.25, 0.3) is 0 Å². The number of hydrogen-bond donors (Lipinski definition) is 1. The van der Waals surface area contributed by atoms with Gasteiger partial charge >= 0.3 is 0 Å². The summed E-state index contributed by atoms with van der Waals surface area (Å²) in [5.41, 5.74) is 5.82. The summed E-state index contributed by atoms with van der Waals surface area (Å²) in [5.74, 6) is -1.58. The number of benzene rings is 1. The van der Waals surface area contributed by atoms with Crippen molar-refractivity contribution in [1.82, 2.24) is 0 Å². The second-order valence-electron chi connectivity index (χ2n) is 4.32. The van der Waals surface area contributed by atoms with Gasteiger partial charge in [-0.25, -0.2) is 8.78 Å². The normalized spacial score (nSPS) is 20.2. The predicted molar refractivity (Wildman–Crippen MR) is 55.3 cm³/mol. The van der Waals surface area contributed by atoms with Crippen LogP contribution in [0, 0.1) is 11.6 Å². The van der Waals surface area contributed by atoms with Crippen molar-refractivity contribution in [2.24, 2.45) is 5.73 Å². The van der Waals surface area contributed by atoms with E-state index in [-0.39, 0.29) is 0 Å². The topological polar surface area (TPSA) is 26.0 Å². The van der Waals surface area contributed by atoms with Gasteiger partial charge in [0.05, 0.1) is 0 Å². The van der Waals surface area contributed by atoms with Crippen molar-refractivity contribution < 1.29 is 8.78 Å². The molecule has 0 spiro atoms. The van der Waals surface area contributed by atoms with E-state index in [9.17, 15) is 8.78 Å². The molecule has 0 unspecified atom stereocenters. The molecule has 0 aliphatic heterocycles. The van der Waals surface area contributed by atoms with Crippen LogP contribution in [0.25, 0.3) is 0 Å². The summed E-state index contributed by atoms with van der Waals surface area (Å²) < 4.78 is 26.7. The van der Waals surface area contributed by atoms with E-state index >= 15 is 0 Å². The number of rotatable bonds is 1. The fraction of sp³-hybridized carbons (Fsp3) is 0.500. The third kappa shape index (κ3) is 1.88. The van der Waals surface area contributed by atoms with Crippen LogP contribution in [-0.4, -0.2) is 0 Å². The first-order valence-electron chi connectivity index (χ1n) is 5.37. The molecule has 1 aromatic carbocycles. The molecule has 2 rings (SSSR count). The Bertz CT molecular complexity index is 357. The van der Waals surface area contributed by atoms with Crippen LogP contribution in [0.2, 0.25) is 0 Å². The van der Waals surface area contributed by atoms with Crippen LogP contribution in [0.5, 0.6) is 0 Å². The van der Waals surface area contributed by atoms with E-state index in [1.165, 1.54) is 6.07 Å². The van der Waals surface area contributed by atoms with Crippen LogP contribution in [-0.2, 0) is 5.54 Å². The molecule has 1 aromatic rings. The van der Waals surface area contributed by atoms with Gasteiger partial charge in [0.2, 0.25) is 0 Å². The first-order valence-corrected chi connectivity index (χ1v) is 5.37. The van der Waals surface area contributed by atoms with Crippen molar-refractivity contribution >= 4 is 0 Å². The lowest BCUT2D eigenvalue weighted by atomic mass is 9.77. The minimum atomic E-state index is -0.803. The van der Waals surface area contributed by atoms with Crippen LogP contribution >= 0.6 is 0 Å². The molecule has 1 nitrogen and oxygen atoms in total. The molecular weight excluding hydrogens is 196 g/mol. The van der Waals surface area contributed by atoms with Crippen LogP contribution in [0.15, 0.2) is 18.2 Å². The zero-order valence-corrected chi connectivity index (χ0v) is 8.60. The fourth-order valence-corrected chi connectivity index (χ4v) is 2.34. The van der Waals surface area contributed by atoms with E-state index in [1.807, 2.05) is 0 Å². The van der Waals surface area contributed by atoms with Gasteiger partial charge in [-0.15, -0.1) is 0 Å². The Morgan fingerprint density at radius 1 is 1.07 bits per heavy atom. The van der Waals surface area contributed by atoms with Crippen molar-refractivity contribution in [3.63, 3.8) is 0 Å². The van der Waals surface area contributed by atoms with Gasteiger partial charge in [0.1, 0.15) is 0 Å². The molecule has 1 aliphatic rings. The molecule has 0 bridgehead atoms. The Balaban J connectivity index is 2.39. The summed E-state index contributed by atoms with van der Waals surface area (Å²) in [5, 5.41) is 0. The molecule has 0 atom stereocenters. The summed E-state index contributed by atoms with van der Waals surface area (Å²) in [6.07, 6.45) is 4.61. The third-order valence-electron chi connectivity index (χ3n) is 3.23. The molecule has 82 valence electrons. The molecule has 0 amide bonds. The van der Waals surface area contributed by atoms with Crippen molar-refractivity contribution in [1.29, 1.82) is 0 Å². The first-order chi connectivity index (χ1) is 7.13. The van der Waals surface area contributed by atoms with Crippen molar-refractivity contribution in [3.8, 4) is 0 Å². The van der Waals surface area contributed by atoms with Crippen molar-refractivity contribution in [3.05, 3.63) is 35.4 Å². The number of nitrogens with two attached hydrogens (primary N) is 1. The van der Waals surface area contributed by atoms with Gasteiger partial charge in [-0.3, -0.25) is 0 Å². The zero-order chi connectivity index (χ0) is 10.9. The SMILES string of the molecule is NC1(c2cccc(F)c2F)CCCCC1. The lowest BCUT2D eigenvalue weighted by Gasteiger charge is -2.34. The van der Waals surface area contributed by atoms with Crippen molar-refractivity contribution in [2.75, 3.05) is 0 Å².